The Kier molecular flexibility index (Phi) is 5.58. The summed E-state index contributed by atoms with van der Waals surface area (Å²) in [5, 5.41) is 11.8. The molecule has 0 fully saturated rings. The van der Waals surface area contributed by atoms with Crippen LogP contribution in [0.2, 0.25) is 0 Å². The van der Waals surface area contributed by atoms with Gasteiger partial charge in [0, 0.05) is 17.2 Å². The lowest BCUT2D eigenvalue weighted by atomic mass is 10.2. The van der Waals surface area contributed by atoms with E-state index in [0.717, 1.165) is 11.1 Å². The van der Waals surface area contributed by atoms with Crippen LogP contribution in [0.1, 0.15) is 11.7 Å². The highest BCUT2D eigenvalue weighted by molar-refractivity contribution is 6.15. The summed E-state index contributed by atoms with van der Waals surface area (Å²) in [7, 11) is 0. The predicted octanol–water partition coefficient (Wildman–Crippen LogP) is 4.33. The van der Waals surface area contributed by atoms with Crippen molar-refractivity contribution >= 4 is 17.7 Å². The maximum atomic E-state index is 13.1. The fourth-order valence-electron chi connectivity index (χ4n) is 3.15. The third-order valence-electron chi connectivity index (χ3n) is 4.70. The van der Waals surface area contributed by atoms with Crippen molar-refractivity contribution in [1.29, 1.82) is 0 Å². The molecule has 0 atom stereocenters. The monoisotopic (exact) mass is 439 g/mol. The summed E-state index contributed by atoms with van der Waals surface area (Å²) in [6.45, 7) is -0.163. The number of carbonyl (C=O) groups excluding carboxylic acids is 1. The highest BCUT2D eigenvalue weighted by Crippen LogP contribution is 2.23. The molecule has 0 N–H and O–H groups in total. The van der Waals surface area contributed by atoms with E-state index in [2.05, 4.69) is 20.5 Å². The lowest BCUT2D eigenvalue weighted by Crippen LogP contribution is -2.15. The normalized spacial score (nSPS) is 11.5. The van der Waals surface area contributed by atoms with Crippen LogP contribution in [0, 0.1) is 0 Å². The van der Waals surface area contributed by atoms with E-state index < -0.39 is 5.97 Å². The number of hydrogen-bond donors (Lipinski definition) is 0. The van der Waals surface area contributed by atoms with E-state index in [1.807, 2.05) is 60.7 Å². The van der Waals surface area contributed by atoms with E-state index in [4.69, 9.17) is 13.6 Å². The Hall–Kier alpha value is -4.79. The number of esters is 1. The summed E-state index contributed by atoms with van der Waals surface area (Å²) in [4.78, 5) is 17.3. The molecule has 0 radical (unpaired) electrons. The first-order valence-corrected chi connectivity index (χ1v) is 10.0. The number of nitrogens with zero attached hydrogens (tertiary/aromatic N) is 5. The number of benzene rings is 2. The molecule has 5 rings (SSSR count). The van der Waals surface area contributed by atoms with E-state index in [1.165, 1.54) is 17.0 Å². The first-order valence-electron chi connectivity index (χ1n) is 10.0. The third-order valence-corrected chi connectivity index (χ3v) is 4.70. The average Bonchev–Trinajstić information content (AvgIpc) is 3.64. The van der Waals surface area contributed by atoms with Gasteiger partial charge in [0.2, 0.25) is 5.89 Å². The van der Waals surface area contributed by atoms with Crippen molar-refractivity contribution < 1.29 is 18.4 Å². The molecular weight excluding hydrogens is 422 g/mol. The summed E-state index contributed by atoms with van der Waals surface area (Å²) in [6, 6.07) is 22.2. The van der Waals surface area contributed by atoms with Crippen LogP contribution in [-0.4, -0.2) is 31.2 Å². The van der Waals surface area contributed by atoms with Crippen molar-refractivity contribution in [1.82, 2.24) is 25.2 Å². The lowest BCUT2D eigenvalue weighted by Gasteiger charge is -2.09. The van der Waals surface area contributed by atoms with Crippen molar-refractivity contribution in [2.45, 2.75) is 6.61 Å². The Morgan fingerprint density at radius 3 is 2.45 bits per heavy atom. The van der Waals surface area contributed by atoms with Gasteiger partial charge in [-0.15, -0.1) is 5.10 Å². The number of carbonyl (C=O) groups is 1. The number of hydrogen-bond acceptors (Lipinski definition) is 8. The molecule has 2 aromatic carbocycles. The molecule has 9 heteroatoms. The van der Waals surface area contributed by atoms with E-state index in [-0.39, 0.29) is 18.2 Å². The SMILES string of the molecule is O=C(OCc1ncc(-c2ccccc2)o1)/C(=C/c1ccco1)n1nnnc1-c1ccccc1. The Balaban J connectivity index is 1.40. The molecule has 0 saturated heterocycles. The van der Waals surface area contributed by atoms with E-state index in [0.29, 0.717) is 17.3 Å². The van der Waals surface area contributed by atoms with Crippen LogP contribution in [0.25, 0.3) is 34.5 Å². The van der Waals surface area contributed by atoms with E-state index in [9.17, 15) is 4.79 Å². The summed E-state index contributed by atoms with van der Waals surface area (Å²) in [6.07, 6.45) is 4.60. The highest BCUT2D eigenvalue weighted by atomic mass is 16.5. The lowest BCUT2D eigenvalue weighted by molar-refractivity contribution is -0.138. The molecule has 3 heterocycles. The molecular formula is C24H17N5O4. The van der Waals surface area contributed by atoms with Crippen LogP contribution in [0.15, 0.2) is 94.1 Å². The standard InChI is InChI=1S/C24H17N5O4/c30-24(32-16-22-25-15-21(33-22)17-8-3-1-4-9-17)20(14-19-12-7-13-31-19)29-23(26-27-28-29)18-10-5-2-6-11-18/h1-15H,16H2/b20-14-. The number of furan rings is 1. The molecule has 162 valence electrons. The topological polar surface area (TPSA) is 109 Å². The Bertz CT molecular complexity index is 1370. The zero-order chi connectivity index (χ0) is 22.5. The number of rotatable bonds is 7. The molecule has 0 saturated carbocycles. The summed E-state index contributed by atoms with van der Waals surface area (Å²) >= 11 is 0. The van der Waals surface area contributed by atoms with Gasteiger partial charge >= 0.3 is 5.97 Å². The summed E-state index contributed by atoms with van der Waals surface area (Å²) in [5.74, 6) is 1.00. The molecule has 5 aromatic rings. The number of tetrazole rings is 1. The van der Waals surface area contributed by atoms with Crippen LogP contribution in [0.3, 0.4) is 0 Å². The molecule has 0 aliphatic rings. The second-order valence-electron chi connectivity index (χ2n) is 6.89. The van der Waals surface area contributed by atoms with Gasteiger partial charge in [-0.2, -0.15) is 4.68 Å². The summed E-state index contributed by atoms with van der Waals surface area (Å²) < 4.78 is 17.9. The first-order chi connectivity index (χ1) is 16.3. The molecule has 0 aliphatic carbocycles. The fraction of sp³-hybridized carbons (Fsp3) is 0.0417. The molecule has 0 spiro atoms. The van der Waals surface area contributed by atoms with Crippen molar-refractivity contribution in [3.63, 3.8) is 0 Å². The molecule has 3 aromatic heterocycles. The van der Waals surface area contributed by atoms with Crippen molar-refractivity contribution in [3.8, 4) is 22.7 Å². The smallest absolute Gasteiger partial charge is 0.357 e. The Labute approximate surface area is 187 Å². The molecule has 0 unspecified atom stereocenters. The van der Waals surface area contributed by atoms with Gasteiger partial charge in [-0.3, -0.25) is 0 Å². The predicted molar refractivity (Wildman–Crippen MR) is 118 cm³/mol. The van der Waals surface area contributed by atoms with E-state index >= 15 is 0 Å². The number of aromatic nitrogens is 5. The van der Waals surface area contributed by atoms with Gasteiger partial charge < -0.3 is 13.6 Å². The molecule has 0 bridgehead atoms. The molecule has 9 nitrogen and oxygen atoms in total. The van der Waals surface area contributed by atoms with Crippen LogP contribution in [-0.2, 0) is 16.1 Å². The first kappa shape index (κ1) is 20.1. The summed E-state index contributed by atoms with van der Waals surface area (Å²) in [5.41, 5.74) is 1.69. The second-order valence-corrected chi connectivity index (χ2v) is 6.89. The van der Waals surface area contributed by atoms with Gasteiger partial charge in [0.15, 0.2) is 23.9 Å². The minimum atomic E-state index is -0.671. The van der Waals surface area contributed by atoms with Gasteiger partial charge in [-0.05, 0) is 22.6 Å². The van der Waals surface area contributed by atoms with Crippen LogP contribution >= 0.6 is 0 Å². The van der Waals surface area contributed by atoms with Gasteiger partial charge in [-0.1, -0.05) is 60.7 Å². The zero-order valence-electron chi connectivity index (χ0n) is 17.2. The quantitative estimate of drug-likeness (QED) is 0.272. The Morgan fingerprint density at radius 1 is 0.970 bits per heavy atom. The van der Waals surface area contributed by atoms with Gasteiger partial charge in [0.1, 0.15) is 5.76 Å². The number of oxazole rings is 1. The van der Waals surface area contributed by atoms with E-state index in [1.54, 1.807) is 18.3 Å². The third kappa shape index (κ3) is 4.47. The molecule has 0 aliphatic heterocycles. The van der Waals surface area contributed by atoms with Crippen molar-refractivity contribution in [2.75, 3.05) is 0 Å². The van der Waals surface area contributed by atoms with Gasteiger partial charge in [0.05, 0.1) is 12.5 Å². The molecule has 0 amide bonds. The maximum Gasteiger partial charge on any atom is 0.357 e. The fourth-order valence-corrected chi connectivity index (χ4v) is 3.15. The Morgan fingerprint density at radius 2 is 1.73 bits per heavy atom. The minimum absolute atomic E-state index is 0.0728. The van der Waals surface area contributed by atoms with Crippen molar-refractivity contribution in [2.24, 2.45) is 0 Å². The average molecular weight is 439 g/mol. The van der Waals surface area contributed by atoms with Gasteiger partial charge in [-0.25, -0.2) is 9.78 Å². The van der Waals surface area contributed by atoms with Crippen LogP contribution in [0.4, 0.5) is 0 Å². The van der Waals surface area contributed by atoms with Crippen molar-refractivity contribution in [3.05, 3.63) is 96.9 Å². The minimum Gasteiger partial charge on any atom is -0.465 e. The van der Waals surface area contributed by atoms with Crippen LogP contribution in [0.5, 0.6) is 0 Å². The zero-order valence-corrected chi connectivity index (χ0v) is 17.2. The maximum absolute atomic E-state index is 13.1. The number of ether oxygens (including phenoxy) is 1. The van der Waals surface area contributed by atoms with Crippen LogP contribution < -0.4 is 0 Å². The highest BCUT2D eigenvalue weighted by Gasteiger charge is 2.22. The second kappa shape index (κ2) is 9.15. The molecule has 33 heavy (non-hydrogen) atoms. The van der Waals surface area contributed by atoms with Gasteiger partial charge in [0.25, 0.3) is 0 Å². The largest absolute Gasteiger partial charge is 0.465 e.